The first kappa shape index (κ1) is 25.1. The van der Waals surface area contributed by atoms with Crippen molar-refractivity contribution in [1.82, 2.24) is 20.4 Å². The van der Waals surface area contributed by atoms with Gasteiger partial charge in [0.2, 0.25) is 5.91 Å². The Kier molecular flexibility index (Phi) is 9.24. The molecule has 0 aromatic heterocycles. The normalized spacial score (nSPS) is 23.3. The number of hydrogen-bond acceptors (Lipinski definition) is 4. The maximum atomic E-state index is 13.2. The molecule has 1 saturated heterocycles. The number of likely N-dealkylation sites (tertiary alicyclic amines) is 1. The molecule has 2 atom stereocenters. The average Bonchev–Trinajstić information content (AvgIpc) is 2.72. The van der Waals surface area contributed by atoms with Crippen LogP contribution in [0.1, 0.15) is 45.4 Å². The third-order valence-corrected chi connectivity index (χ3v) is 5.71. The second-order valence-electron chi connectivity index (χ2n) is 8.30. The van der Waals surface area contributed by atoms with Gasteiger partial charge in [0.1, 0.15) is 6.54 Å². The molecule has 1 aliphatic heterocycles. The lowest BCUT2D eigenvalue weighted by Crippen LogP contribution is -2.53. The van der Waals surface area contributed by atoms with Crippen molar-refractivity contribution >= 4 is 18.0 Å². The number of rotatable bonds is 5. The number of piperidine rings is 1. The fraction of sp³-hybridized carbons (Fsp3) is 0.850. The molecule has 31 heavy (non-hydrogen) atoms. The predicted octanol–water partition coefficient (Wildman–Crippen LogP) is 2.35. The standard InChI is InChI=1S/C20H34F3N5O3/c1-4-31-19(30)28-10-8-15(9-11-28)25-18(24-13-17(29)27(2)3)26-16-7-5-6-14(12-16)20(21,22)23/h14-16H,4-13H2,1-3H3,(H2,24,25,26). The Morgan fingerprint density at radius 2 is 1.74 bits per heavy atom. The molecule has 2 N–H and O–H groups in total. The average molecular weight is 450 g/mol. The summed E-state index contributed by atoms with van der Waals surface area (Å²) in [7, 11) is 3.25. The largest absolute Gasteiger partial charge is 0.450 e. The Bertz CT molecular complexity index is 634. The molecule has 0 radical (unpaired) electrons. The van der Waals surface area contributed by atoms with Gasteiger partial charge < -0.3 is 25.2 Å². The first-order chi connectivity index (χ1) is 14.6. The van der Waals surface area contributed by atoms with Gasteiger partial charge in [-0.15, -0.1) is 0 Å². The van der Waals surface area contributed by atoms with Gasteiger partial charge in [-0.1, -0.05) is 6.42 Å². The van der Waals surface area contributed by atoms with Crippen LogP contribution in [0.5, 0.6) is 0 Å². The molecule has 11 heteroatoms. The third kappa shape index (κ3) is 8.10. The highest BCUT2D eigenvalue weighted by atomic mass is 19.4. The molecular weight excluding hydrogens is 415 g/mol. The molecule has 2 rings (SSSR count). The number of carbonyl (C=O) groups is 2. The number of nitrogens with zero attached hydrogens (tertiary/aromatic N) is 3. The topological polar surface area (TPSA) is 86.3 Å². The third-order valence-electron chi connectivity index (χ3n) is 5.71. The van der Waals surface area contributed by atoms with Gasteiger partial charge in [0.25, 0.3) is 0 Å². The van der Waals surface area contributed by atoms with Crippen LogP contribution in [0, 0.1) is 5.92 Å². The molecule has 0 spiro atoms. The number of halogens is 3. The van der Waals surface area contributed by atoms with Crippen LogP contribution in [0.25, 0.3) is 0 Å². The van der Waals surface area contributed by atoms with Crippen LogP contribution in [-0.2, 0) is 9.53 Å². The summed E-state index contributed by atoms with van der Waals surface area (Å²) in [4.78, 5) is 31.2. The van der Waals surface area contributed by atoms with Crippen molar-refractivity contribution in [3.8, 4) is 0 Å². The molecule has 0 aromatic rings. The molecular formula is C20H34F3N5O3. The molecule has 0 bridgehead atoms. The molecule has 1 saturated carbocycles. The van der Waals surface area contributed by atoms with Gasteiger partial charge in [-0.3, -0.25) is 4.79 Å². The van der Waals surface area contributed by atoms with E-state index < -0.39 is 12.1 Å². The zero-order valence-electron chi connectivity index (χ0n) is 18.5. The Hall–Kier alpha value is -2.20. The molecule has 2 amide bonds. The van der Waals surface area contributed by atoms with Crippen molar-refractivity contribution in [2.45, 2.75) is 63.7 Å². The number of guanidine groups is 1. The van der Waals surface area contributed by atoms with Crippen LogP contribution in [0.2, 0.25) is 0 Å². The first-order valence-corrected chi connectivity index (χ1v) is 10.9. The lowest BCUT2D eigenvalue weighted by Gasteiger charge is -2.35. The van der Waals surface area contributed by atoms with E-state index in [9.17, 15) is 22.8 Å². The fourth-order valence-corrected chi connectivity index (χ4v) is 3.85. The minimum absolute atomic E-state index is 0.00612. The summed E-state index contributed by atoms with van der Waals surface area (Å²) < 4.78 is 44.5. The summed E-state index contributed by atoms with van der Waals surface area (Å²) in [5.41, 5.74) is 0. The predicted molar refractivity (Wildman–Crippen MR) is 111 cm³/mol. The molecule has 0 aromatic carbocycles. The number of aliphatic imine (C=N–C) groups is 1. The van der Waals surface area contributed by atoms with E-state index in [2.05, 4.69) is 15.6 Å². The minimum atomic E-state index is -4.20. The van der Waals surface area contributed by atoms with Gasteiger partial charge in [0, 0.05) is 39.3 Å². The molecule has 1 aliphatic carbocycles. The number of carbonyl (C=O) groups excluding carboxylic acids is 2. The van der Waals surface area contributed by atoms with Crippen LogP contribution in [0.3, 0.4) is 0 Å². The van der Waals surface area contributed by atoms with Crippen molar-refractivity contribution < 1.29 is 27.5 Å². The summed E-state index contributed by atoms with van der Waals surface area (Å²) in [5.74, 6) is -1.18. The smallest absolute Gasteiger partial charge is 0.409 e. The SMILES string of the molecule is CCOC(=O)N1CCC(NC(=NCC(=O)N(C)C)NC2CCCC(C(F)(F)F)C2)CC1. The van der Waals surface area contributed by atoms with E-state index in [1.54, 1.807) is 25.9 Å². The summed E-state index contributed by atoms with van der Waals surface area (Å²) >= 11 is 0. The van der Waals surface area contributed by atoms with E-state index in [0.29, 0.717) is 51.3 Å². The van der Waals surface area contributed by atoms with E-state index in [1.807, 2.05) is 0 Å². The summed E-state index contributed by atoms with van der Waals surface area (Å²) in [6.07, 6.45) is -2.00. The Morgan fingerprint density at radius 3 is 2.32 bits per heavy atom. The quantitative estimate of drug-likeness (QED) is 0.497. The second-order valence-corrected chi connectivity index (χ2v) is 8.30. The van der Waals surface area contributed by atoms with E-state index in [-0.39, 0.29) is 43.5 Å². The maximum Gasteiger partial charge on any atom is 0.409 e. The van der Waals surface area contributed by atoms with Crippen molar-refractivity contribution in [3.63, 3.8) is 0 Å². The van der Waals surface area contributed by atoms with Crippen molar-refractivity contribution in [2.24, 2.45) is 10.9 Å². The van der Waals surface area contributed by atoms with Gasteiger partial charge in [-0.2, -0.15) is 13.2 Å². The van der Waals surface area contributed by atoms with Crippen molar-refractivity contribution in [3.05, 3.63) is 0 Å². The maximum absolute atomic E-state index is 13.2. The molecule has 178 valence electrons. The summed E-state index contributed by atoms with van der Waals surface area (Å²) in [6, 6.07) is -0.367. The Balaban J connectivity index is 1.98. The first-order valence-electron chi connectivity index (χ1n) is 10.9. The molecule has 2 unspecified atom stereocenters. The lowest BCUT2D eigenvalue weighted by molar-refractivity contribution is -0.183. The molecule has 8 nitrogen and oxygen atoms in total. The van der Waals surface area contributed by atoms with Crippen LogP contribution >= 0.6 is 0 Å². The summed E-state index contributed by atoms with van der Waals surface area (Å²) in [5, 5.41) is 6.37. The number of alkyl halides is 3. The number of amides is 2. The molecule has 2 fully saturated rings. The van der Waals surface area contributed by atoms with Gasteiger partial charge >= 0.3 is 12.3 Å². The second kappa shape index (κ2) is 11.4. The van der Waals surface area contributed by atoms with E-state index in [4.69, 9.17) is 4.74 Å². The van der Waals surface area contributed by atoms with Crippen molar-refractivity contribution in [2.75, 3.05) is 40.3 Å². The Labute approximate surface area is 181 Å². The highest BCUT2D eigenvalue weighted by Crippen LogP contribution is 2.37. The van der Waals surface area contributed by atoms with Crippen LogP contribution < -0.4 is 10.6 Å². The minimum Gasteiger partial charge on any atom is -0.450 e. The van der Waals surface area contributed by atoms with Crippen LogP contribution in [0.4, 0.5) is 18.0 Å². The van der Waals surface area contributed by atoms with Gasteiger partial charge in [0.05, 0.1) is 12.5 Å². The van der Waals surface area contributed by atoms with Crippen molar-refractivity contribution in [1.29, 1.82) is 0 Å². The van der Waals surface area contributed by atoms with E-state index >= 15 is 0 Å². The van der Waals surface area contributed by atoms with E-state index in [0.717, 1.165) is 0 Å². The summed E-state index contributed by atoms with van der Waals surface area (Å²) in [6.45, 7) is 3.00. The fourth-order valence-electron chi connectivity index (χ4n) is 3.85. The number of nitrogens with one attached hydrogen (secondary N) is 2. The van der Waals surface area contributed by atoms with E-state index in [1.165, 1.54) is 4.90 Å². The van der Waals surface area contributed by atoms with Gasteiger partial charge in [-0.05, 0) is 39.0 Å². The van der Waals surface area contributed by atoms with Gasteiger partial charge in [0.15, 0.2) is 5.96 Å². The number of hydrogen-bond donors (Lipinski definition) is 2. The lowest BCUT2D eigenvalue weighted by atomic mass is 9.85. The number of ether oxygens (including phenoxy) is 1. The monoisotopic (exact) mass is 449 g/mol. The van der Waals surface area contributed by atoms with Gasteiger partial charge in [-0.25, -0.2) is 9.79 Å². The zero-order valence-corrected chi connectivity index (χ0v) is 18.5. The zero-order chi connectivity index (χ0) is 23.0. The Morgan fingerprint density at radius 1 is 1.10 bits per heavy atom. The molecule has 2 aliphatic rings. The molecule has 1 heterocycles. The van der Waals surface area contributed by atoms with Crippen LogP contribution in [-0.4, -0.2) is 86.4 Å². The van der Waals surface area contributed by atoms with Crippen LogP contribution in [0.15, 0.2) is 4.99 Å². The highest BCUT2D eigenvalue weighted by Gasteiger charge is 2.42. The number of likely N-dealkylation sites (N-methyl/N-ethyl adjacent to an activating group) is 1. The highest BCUT2D eigenvalue weighted by molar-refractivity contribution is 5.85.